The number of hydrogen-bond donors (Lipinski definition) is 1. The van der Waals surface area contributed by atoms with Gasteiger partial charge in [0.2, 0.25) is 0 Å². The Bertz CT molecular complexity index is 696. The lowest BCUT2D eigenvalue weighted by molar-refractivity contribution is 0.0963. The van der Waals surface area contributed by atoms with Crippen molar-refractivity contribution < 1.29 is 4.79 Å². The van der Waals surface area contributed by atoms with Crippen LogP contribution in [-0.4, -0.2) is 49.0 Å². The summed E-state index contributed by atoms with van der Waals surface area (Å²) < 4.78 is 0. The molecular formula is C18H21ClN4O. The topological polar surface area (TPSA) is 48.5 Å². The molecule has 0 bridgehead atoms. The molecule has 1 aromatic heterocycles. The van der Waals surface area contributed by atoms with Crippen LogP contribution in [0.5, 0.6) is 0 Å². The van der Waals surface area contributed by atoms with Crippen LogP contribution in [0.1, 0.15) is 15.9 Å². The van der Waals surface area contributed by atoms with E-state index in [9.17, 15) is 4.79 Å². The monoisotopic (exact) mass is 344 g/mol. The van der Waals surface area contributed by atoms with Gasteiger partial charge in [-0.2, -0.15) is 0 Å². The minimum absolute atomic E-state index is 0.0957. The van der Waals surface area contributed by atoms with Crippen molar-refractivity contribution in [3.8, 4) is 0 Å². The molecule has 2 aromatic rings. The Hall–Kier alpha value is -2.11. The second-order valence-electron chi connectivity index (χ2n) is 5.84. The molecule has 3 rings (SSSR count). The second kappa shape index (κ2) is 7.64. The fraction of sp³-hybridized carbons (Fsp3) is 0.333. The number of carbonyl (C=O) groups excluding carboxylic acids is 1. The number of benzene rings is 1. The molecule has 0 radical (unpaired) electrons. The minimum Gasteiger partial charge on any atom is -0.355 e. The summed E-state index contributed by atoms with van der Waals surface area (Å²) in [6.07, 6.45) is 1.74. The molecule has 0 atom stereocenters. The average molecular weight is 345 g/mol. The van der Waals surface area contributed by atoms with Gasteiger partial charge in [-0.15, -0.1) is 0 Å². The number of nitrogens with one attached hydrogen (secondary N) is 1. The zero-order valence-corrected chi connectivity index (χ0v) is 14.5. The van der Waals surface area contributed by atoms with Gasteiger partial charge in [-0.25, -0.2) is 4.98 Å². The van der Waals surface area contributed by atoms with Crippen molar-refractivity contribution in [3.63, 3.8) is 0 Å². The van der Waals surface area contributed by atoms with Crippen molar-refractivity contribution in [2.75, 3.05) is 38.1 Å². The quantitative estimate of drug-likeness (QED) is 0.925. The van der Waals surface area contributed by atoms with E-state index in [-0.39, 0.29) is 5.91 Å². The second-order valence-corrected chi connectivity index (χ2v) is 6.28. The van der Waals surface area contributed by atoms with E-state index >= 15 is 0 Å². The largest absolute Gasteiger partial charge is 0.355 e. The summed E-state index contributed by atoms with van der Waals surface area (Å²) in [5.74, 6) is 0.671. The molecular weight excluding hydrogens is 324 g/mol. The molecule has 0 spiro atoms. The number of piperazine rings is 1. The zero-order valence-electron chi connectivity index (χ0n) is 13.7. The van der Waals surface area contributed by atoms with Gasteiger partial charge in [-0.1, -0.05) is 23.7 Å². The Morgan fingerprint density at radius 2 is 1.88 bits per heavy atom. The van der Waals surface area contributed by atoms with E-state index in [1.165, 1.54) is 5.56 Å². The van der Waals surface area contributed by atoms with Crippen molar-refractivity contribution >= 4 is 23.3 Å². The summed E-state index contributed by atoms with van der Waals surface area (Å²) in [4.78, 5) is 21.0. The molecule has 6 heteroatoms. The van der Waals surface area contributed by atoms with Crippen molar-refractivity contribution in [1.29, 1.82) is 0 Å². The fourth-order valence-electron chi connectivity index (χ4n) is 2.93. The van der Waals surface area contributed by atoms with Gasteiger partial charge in [0.1, 0.15) is 5.82 Å². The zero-order chi connectivity index (χ0) is 16.9. The van der Waals surface area contributed by atoms with Crippen molar-refractivity contribution in [2.45, 2.75) is 6.54 Å². The molecule has 0 aliphatic carbocycles. The van der Waals surface area contributed by atoms with Crippen LogP contribution in [0.4, 0.5) is 5.82 Å². The lowest BCUT2D eigenvalue weighted by Gasteiger charge is -2.36. The van der Waals surface area contributed by atoms with Crippen molar-refractivity contribution in [2.24, 2.45) is 0 Å². The van der Waals surface area contributed by atoms with E-state index in [0.717, 1.165) is 43.6 Å². The summed E-state index contributed by atoms with van der Waals surface area (Å²) in [6, 6.07) is 11.6. The van der Waals surface area contributed by atoms with Gasteiger partial charge in [-0.3, -0.25) is 9.69 Å². The molecule has 1 aromatic carbocycles. The van der Waals surface area contributed by atoms with Crippen LogP contribution >= 0.6 is 11.6 Å². The third-order valence-corrected chi connectivity index (χ3v) is 4.50. The molecule has 1 N–H and O–H groups in total. The summed E-state index contributed by atoms with van der Waals surface area (Å²) in [6.45, 7) is 4.50. The van der Waals surface area contributed by atoms with Crippen LogP contribution in [0.25, 0.3) is 0 Å². The standard InChI is InChI=1S/C18H21ClN4O/c1-20-18(24)16-3-2-8-21-17(16)23-11-9-22(10-12-23)13-14-4-6-15(19)7-5-14/h2-8H,9-13H2,1H3,(H,20,24). The molecule has 1 aliphatic rings. The Kier molecular flexibility index (Phi) is 5.33. The SMILES string of the molecule is CNC(=O)c1cccnc1N1CCN(Cc2ccc(Cl)cc2)CC1. The van der Waals surface area contributed by atoms with Gasteiger partial charge in [0.25, 0.3) is 5.91 Å². The van der Waals surface area contributed by atoms with Gasteiger partial charge >= 0.3 is 0 Å². The first kappa shape index (κ1) is 16.7. The van der Waals surface area contributed by atoms with E-state index in [4.69, 9.17) is 11.6 Å². The molecule has 1 amide bonds. The summed E-state index contributed by atoms with van der Waals surface area (Å²) in [5, 5.41) is 3.44. The third-order valence-electron chi connectivity index (χ3n) is 4.25. The molecule has 1 fully saturated rings. The first-order chi connectivity index (χ1) is 11.7. The summed E-state index contributed by atoms with van der Waals surface area (Å²) >= 11 is 5.93. The highest BCUT2D eigenvalue weighted by Crippen LogP contribution is 2.20. The van der Waals surface area contributed by atoms with Gasteiger partial charge in [0.05, 0.1) is 5.56 Å². The van der Waals surface area contributed by atoms with Crippen LogP contribution in [0.15, 0.2) is 42.6 Å². The predicted molar refractivity (Wildman–Crippen MR) is 96.6 cm³/mol. The Morgan fingerprint density at radius 3 is 2.54 bits per heavy atom. The molecule has 2 heterocycles. The highest BCUT2D eigenvalue weighted by atomic mass is 35.5. The lowest BCUT2D eigenvalue weighted by atomic mass is 10.1. The first-order valence-electron chi connectivity index (χ1n) is 8.06. The Morgan fingerprint density at radius 1 is 1.17 bits per heavy atom. The smallest absolute Gasteiger partial charge is 0.254 e. The van der Waals surface area contributed by atoms with Crippen LogP contribution in [0.3, 0.4) is 0 Å². The number of anilines is 1. The highest BCUT2D eigenvalue weighted by molar-refractivity contribution is 6.30. The summed E-state index contributed by atoms with van der Waals surface area (Å²) in [5.41, 5.74) is 1.89. The van der Waals surface area contributed by atoms with Crippen LogP contribution < -0.4 is 10.2 Å². The van der Waals surface area contributed by atoms with Crippen molar-refractivity contribution in [3.05, 3.63) is 58.7 Å². The van der Waals surface area contributed by atoms with Gasteiger partial charge in [0.15, 0.2) is 0 Å². The van der Waals surface area contributed by atoms with E-state index in [1.807, 2.05) is 18.2 Å². The Balaban J connectivity index is 1.63. The van der Waals surface area contributed by atoms with Crippen LogP contribution in [-0.2, 0) is 6.54 Å². The maximum atomic E-state index is 12.0. The summed E-state index contributed by atoms with van der Waals surface area (Å²) in [7, 11) is 1.64. The lowest BCUT2D eigenvalue weighted by Crippen LogP contribution is -2.46. The maximum Gasteiger partial charge on any atom is 0.254 e. The van der Waals surface area contributed by atoms with Crippen molar-refractivity contribution in [1.82, 2.24) is 15.2 Å². The number of pyridine rings is 1. The minimum atomic E-state index is -0.0957. The number of amides is 1. The predicted octanol–water partition coefficient (Wildman–Crippen LogP) is 2.42. The fourth-order valence-corrected chi connectivity index (χ4v) is 3.05. The third kappa shape index (κ3) is 3.86. The molecule has 24 heavy (non-hydrogen) atoms. The average Bonchev–Trinajstić information content (AvgIpc) is 2.64. The molecule has 0 unspecified atom stereocenters. The molecule has 126 valence electrons. The van der Waals surface area contributed by atoms with Crippen LogP contribution in [0, 0.1) is 0 Å². The number of rotatable bonds is 4. The van der Waals surface area contributed by atoms with E-state index in [2.05, 4.69) is 32.2 Å². The van der Waals surface area contributed by atoms with Crippen LogP contribution in [0.2, 0.25) is 5.02 Å². The highest BCUT2D eigenvalue weighted by Gasteiger charge is 2.22. The molecule has 0 saturated carbocycles. The molecule has 1 saturated heterocycles. The van der Waals surface area contributed by atoms with Gasteiger partial charge < -0.3 is 10.2 Å². The van der Waals surface area contributed by atoms with Gasteiger partial charge in [-0.05, 0) is 29.8 Å². The number of halogens is 1. The number of carbonyl (C=O) groups is 1. The first-order valence-corrected chi connectivity index (χ1v) is 8.44. The van der Waals surface area contributed by atoms with E-state index in [0.29, 0.717) is 5.56 Å². The number of aromatic nitrogens is 1. The number of hydrogen-bond acceptors (Lipinski definition) is 4. The number of nitrogens with zero attached hydrogens (tertiary/aromatic N) is 3. The molecule has 5 nitrogen and oxygen atoms in total. The normalized spacial score (nSPS) is 15.3. The van der Waals surface area contributed by atoms with E-state index in [1.54, 1.807) is 19.3 Å². The molecule has 1 aliphatic heterocycles. The maximum absolute atomic E-state index is 12.0. The van der Waals surface area contributed by atoms with E-state index < -0.39 is 0 Å². The Labute approximate surface area is 147 Å². The van der Waals surface area contributed by atoms with Gasteiger partial charge in [0, 0.05) is 51.0 Å².